The van der Waals surface area contributed by atoms with E-state index in [4.69, 9.17) is 4.42 Å². The van der Waals surface area contributed by atoms with Gasteiger partial charge < -0.3 is 14.4 Å². The van der Waals surface area contributed by atoms with Gasteiger partial charge in [-0.2, -0.15) is 0 Å². The summed E-state index contributed by atoms with van der Waals surface area (Å²) < 4.78 is 5.77. The Labute approximate surface area is 158 Å². The van der Waals surface area contributed by atoms with Crippen LogP contribution in [0.1, 0.15) is 41.1 Å². The van der Waals surface area contributed by atoms with Gasteiger partial charge >= 0.3 is 5.97 Å². The van der Waals surface area contributed by atoms with E-state index in [0.29, 0.717) is 18.7 Å². The van der Waals surface area contributed by atoms with Crippen molar-refractivity contribution in [2.24, 2.45) is 0 Å². The number of hydrogen-bond donors (Lipinski definition) is 1. The van der Waals surface area contributed by atoms with Crippen LogP contribution in [-0.4, -0.2) is 53.0 Å². The van der Waals surface area contributed by atoms with Crippen molar-refractivity contribution in [2.45, 2.75) is 31.2 Å². The van der Waals surface area contributed by atoms with Gasteiger partial charge in [0.2, 0.25) is 0 Å². The van der Waals surface area contributed by atoms with Crippen LogP contribution in [0.5, 0.6) is 0 Å². The van der Waals surface area contributed by atoms with Crippen LogP contribution in [0.25, 0.3) is 0 Å². The molecule has 1 N–H and O–H groups in total. The number of carboxylic acid groups (broad SMARTS) is 1. The highest BCUT2D eigenvalue weighted by molar-refractivity contribution is 5.93. The van der Waals surface area contributed by atoms with Gasteiger partial charge in [-0.1, -0.05) is 30.3 Å². The molecule has 6 heteroatoms. The van der Waals surface area contributed by atoms with E-state index in [2.05, 4.69) is 4.90 Å². The number of aliphatic carboxylic acids is 1. The van der Waals surface area contributed by atoms with Crippen molar-refractivity contribution in [1.82, 2.24) is 9.80 Å². The third kappa shape index (κ3) is 3.37. The third-order valence-electron chi connectivity index (χ3n) is 5.74. The number of carbonyl (C=O) groups excluding carboxylic acids is 1. The molecule has 27 heavy (non-hydrogen) atoms. The molecule has 0 spiro atoms. The maximum atomic E-state index is 12.9. The molecule has 2 saturated heterocycles. The Balaban J connectivity index is 1.48. The SMILES string of the molecule is O=C(c1ccc(CN2CCCC2)o1)N1CC[C@@](C(=O)O)(c2ccccc2)C1. The van der Waals surface area contributed by atoms with E-state index in [1.54, 1.807) is 11.0 Å². The molecule has 1 aromatic carbocycles. The fourth-order valence-electron chi connectivity index (χ4n) is 4.17. The van der Waals surface area contributed by atoms with Crippen LogP contribution < -0.4 is 0 Å². The van der Waals surface area contributed by atoms with Gasteiger partial charge in [0, 0.05) is 13.1 Å². The maximum Gasteiger partial charge on any atom is 0.316 e. The molecule has 1 amide bonds. The summed E-state index contributed by atoms with van der Waals surface area (Å²) in [5.74, 6) is -0.0506. The molecule has 142 valence electrons. The van der Waals surface area contributed by atoms with Crippen LogP contribution in [0.2, 0.25) is 0 Å². The highest BCUT2D eigenvalue weighted by Gasteiger charge is 2.48. The van der Waals surface area contributed by atoms with E-state index in [0.717, 1.165) is 31.0 Å². The van der Waals surface area contributed by atoms with Gasteiger partial charge in [0.15, 0.2) is 5.76 Å². The Morgan fingerprint density at radius 2 is 1.78 bits per heavy atom. The number of carbonyl (C=O) groups is 2. The van der Waals surface area contributed by atoms with Crippen molar-refractivity contribution in [3.05, 3.63) is 59.5 Å². The highest BCUT2D eigenvalue weighted by atomic mass is 16.4. The summed E-state index contributed by atoms with van der Waals surface area (Å²) in [6.07, 6.45) is 2.81. The lowest BCUT2D eigenvalue weighted by Gasteiger charge is -2.25. The number of hydrogen-bond acceptors (Lipinski definition) is 4. The fourth-order valence-corrected chi connectivity index (χ4v) is 4.17. The molecule has 6 nitrogen and oxygen atoms in total. The topological polar surface area (TPSA) is 74.0 Å². The lowest BCUT2D eigenvalue weighted by atomic mass is 9.80. The first-order valence-corrected chi connectivity index (χ1v) is 9.48. The summed E-state index contributed by atoms with van der Waals surface area (Å²) in [7, 11) is 0. The molecule has 0 radical (unpaired) electrons. The first kappa shape index (κ1) is 17.8. The average molecular weight is 368 g/mol. The molecule has 0 bridgehead atoms. The van der Waals surface area contributed by atoms with Gasteiger partial charge in [0.05, 0.1) is 6.54 Å². The summed E-state index contributed by atoms with van der Waals surface area (Å²) in [5, 5.41) is 9.88. The summed E-state index contributed by atoms with van der Waals surface area (Å²) in [6, 6.07) is 12.7. The first-order valence-electron chi connectivity index (χ1n) is 9.48. The minimum atomic E-state index is -1.05. The van der Waals surface area contributed by atoms with Crippen LogP contribution in [0.4, 0.5) is 0 Å². The molecule has 2 aliphatic heterocycles. The third-order valence-corrected chi connectivity index (χ3v) is 5.74. The minimum absolute atomic E-state index is 0.160. The largest absolute Gasteiger partial charge is 0.481 e. The van der Waals surface area contributed by atoms with E-state index < -0.39 is 11.4 Å². The minimum Gasteiger partial charge on any atom is -0.481 e. The summed E-state index contributed by atoms with van der Waals surface area (Å²) in [6.45, 7) is 3.41. The Kier molecular flexibility index (Phi) is 4.74. The number of amides is 1. The van der Waals surface area contributed by atoms with Crippen molar-refractivity contribution in [2.75, 3.05) is 26.2 Å². The molecular formula is C21H24N2O4. The average Bonchev–Trinajstić information content (AvgIpc) is 3.43. The zero-order valence-electron chi connectivity index (χ0n) is 15.3. The molecule has 4 rings (SSSR count). The van der Waals surface area contributed by atoms with Gasteiger partial charge in [0.25, 0.3) is 5.91 Å². The molecule has 1 aromatic heterocycles. The Morgan fingerprint density at radius 1 is 1.04 bits per heavy atom. The van der Waals surface area contributed by atoms with Crippen LogP contribution in [0, 0.1) is 0 Å². The zero-order valence-corrected chi connectivity index (χ0v) is 15.3. The molecule has 0 aliphatic carbocycles. The smallest absolute Gasteiger partial charge is 0.316 e. The monoisotopic (exact) mass is 368 g/mol. The number of benzene rings is 1. The normalized spacial score (nSPS) is 23.0. The number of nitrogens with zero attached hydrogens (tertiary/aromatic N) is 2. The highest BCUT2D eigenvalue weighted by Crippen LogP contribution is 2.35. The number of furan rings is 1. The van der Waals surface area contributed by atoms with Crippen molar-refractivity contribution < 1.29 is 19.1 Å². The molecule has 2 fully saturated rings. The fraction of sp³-hybridized carbons (Fsp3) is 0.429. The van der Waals surface area contributed by atoms with E-state index in [-0.39, 0.29) is 12.5 Å². The van der Waals surface area contributed by atoms with E-state index in [1.807, 2.05) is 36.4 Å². The quantitative estimate of drug-likeness (QED) is 0.878. The van der Waals surface area contributed by atoms with Gasteiger partial charge in [-0.15, -0.1) is 0 Å². The predicted molar refractivity (Wildman–Crippen MR) is 99.5 cm³/mol. The molecule has 2 aromatic rings. The summed E-state index contributed by atoms with van der Waals surface area (Å²) >= 11 is 0. The zero-order chi connectivity index (χ0) is 18.9. The Bertz CT molecular complexity index is 826. The van der Waals surface area contributed by atoms with Gasteiger partial charge in [-0.3, -0.25) is 14.5 Å². The molecule has 1 atom stereocenters. The van der Waals surface area contributed by atoms with E-state index in [9.17, 15) is 14.7 Å². The Morgan fingerprint density at radius 3 is 2.48 bits per heavy atom. The first-order chi connectivity index (χ1) is 13.1. The summed E-state index contributed by atoms with van der Waals surface area (Å²) in [4.78, 5) is 28.8. The van der Waals surface area contributed by atoms with Crippen molar-refractivity contribution >= 4 is 11.9 Å². The van der Waals surface area contributed by atoms with Gasteiger partial charge in [-0.25, -0.2) is 0 Å². The second-order valence-electron chi connectivity index (χ2n) is 7.48. The predicted octanol–water partition coefficient (Wildman–Crippen LogP) is 2.74. The number of rotatable bonds is 5. The Hall–Kier alpha value is -2.60. The number of carboxylic acids is 1. The van der Waals surface area contributed by atoms with Crippen molar-refractivity contribution in [1.29, 1.82) is 0 Å². The van der Waals surface area contributed by atoms with Crippen LogP contribution >= 0.6 is 0 Å². The molecule has 2 aliphatic rings. The van der Waals surface area contributed by atoms with E-state index >= 15 is 0 Å². The van der Waals surface area contributed by atoms with Gasteiger partial charge in [-0.05, 0) is 50.0 Å². The van der Waals surface area contributed by atoms with Crippen LogP contribution in [0.15, 0.2) is 46.9 Å². The van der Waals surface area contributed by atoms with Crippen LogP contribution in [0.3, 0.4) is 0 Å². The van der Waals surface area contributed by atoms with Crippen molar-refractivity contribution in [3.8, 4) is 0 Å². The van der Waals surface area contributed by atoms with Gasteiger partial charge in [0.1, 0.15) is 11.2 Å². The molecular weight excluding hydrogens is 344 g/mol. The number of likely N-dealkylation sites (tertiary alicyclic amines) is 2. The van der Waals surface area contributed by atoms with Crippen molar-refractivity contribution in [3.63, 3.8) is 0 Å². The lowest BCUT2D eigenvalue weighted by Crippen LogP contribution is -2.40. The second kappa shape index (κ2) is 7.19. The standard InChI is InChI=1S/C21H24N2O4/c24-19(18-9-8-17(27-18)14-22-11-4-5-12-22)23-13-10-21(15-23,20(25)26)16-6-2-1-3-7-16/h1-3,6-9H,4-5,10-15H2,(H,25,26)/t21-/m0/s1. The van der Waals surface area contributed by atoms with Crippen LogP contribution in [-0.2, 0) is 16.8 Å². The summed E-state index contributed by atoms with van der Waals surface area (Å²) in [5.41, 5.74) is -0.316. The molecule has 0 saturated carbocycles. The molecule has 0 unspecified atom stereocenters. The second-order valence-corrected chi connectivity index (χ2v) is 7.48. The maximum absolute atomic E-state index is 12.9. The lowest BCUT2D eigenvalue weighted by molar-refractivity contribution is -0.143. The van der Waals surface area contributed by atoms with E-state index in [1.165, 1.54) is 12.8 Å². The molecule has 3 heterocycles.